The molecule has 3 aromatic rings. The summed E-state index contributed by atoms with van der Waals surface area (Å²) >= 11 is 3.10. The molecule has 4 rings (SSSR count). The van der Waals surface area contributed by atoms with Gasteiger partial charge in [-0.2, -0.15) is 0 Å². The lowest BCUT2D eigenvalue weighted by Gasteiger charge is -2.07. The highest BCUT2D eigenvalue weighted by Gasteiger charge is 2.32. The van der Waals surface area contributed by atoms with Gasteiger partial charge in [0.25, 0.3) is 0 Å². The zero-order valence-electron chi connectivity index (χ0n) is 14.4. The summed E-state index contributed by atoms with van der Waals surface area (Å²) in [5.74, 6) is 3.42. The van der Waals surface area contributed by atoms with Crippen molar-refractivity contribution < 1.29 is 12.8 Å². The molecule has 0 unspecified atom stereocenters. The minimum absolute atomic E-state index is 0.0556. The molecule has 0 amide bonds. The Bertz CT molecular complexity index is 1040. The molecule has 0 aromatic carbocycles. The summed E-state index contributed by atoms with van der Waals surface area (Å²) < 4.78 is 30.9. The van der Waals surface area contributed by atoms with Crippen LogP contribution in [0.1, 0.15) is 29.6 Å². The van der Waals surface area contributed by atoms with Crippen molar-refractivity contribution in [3.63, 3.8) is 0 Å². The zero-order chi connectivity index (χ0) is 18.3. The van der Waals surface area contributed by atoms with Crippen LogP contribution < -0.4 is 0 Å². The topological polar surface area (TPSA) is 90.9 Å². The molecule has 0 bridgehead atoms. The van der Waals surface area contributed by atoms with Gasteiger partial charge >= 0.3 is 0 Å². The van der Waals surface area contributed by atoms with Gasteiger partial charge in [0.2, 0.25) is 0 Å². The maximum atomic E-state index is 11.7. The third-order valence-electron chi connectivity index (χ3n) is 4.32. The number of thiazole rings is 1. The van der Waals surface area contributed by atoms with Crippen molar-refractivity contribution in [3.05, 3.63) is 34.8 Å². The first-order valence-electron chi connectivity index (χ1n) is 8.15. The average Bonchev–Trinajstić information content (AvgIpc) is 3.34. The van der Waals surface area contributed by atoms with E-state index in [1.807, 2.05) is 36.1 Å². The van der Waals surface area contributed by atoms with E-state index < -0.39 is 9.84 Å². The number of aromatic nitrogens is 4. The smallest absolute Gasteiger partial charge is 0.191 e. The Morgan fingerprint density at radius 1 is 1.38 bits per heavy atom. The van der Waals surface area contributed by atoms with Crippen LogP contribution in [-0.4, -0.2) is 39.7 Å². The normalized spacial score (nSPS) is 19.2. The number of thioether (sulfide) groups is 1. The first-order chi connectivity index (χ1) is 12.4. The molecule has 1 atom stereocenters. The molecular weight excluding hydrogens is 392 g/mol. The van der Waals surface area contributed by atoms with Crippen LogP contribution in [0.4, 0.5) is 0 Å². The molecule has 0 saturated carbocycles. The molecule has 1 aliphatic heterocycles. The third-order valence-corrected chi connectivity index (χ3v) is 8.05. The molecule has 3 aromatic heterocycles. The van der Waals surface area contributed by atoms with Gasteiger partial charge in [-0.1, -0.05) is 11.8 Å². The van der Waals surface area contributed by atoms with Gasteiger partial charge in [0.1, 0.15) is 11.6 Å². The summed E-state index contributed by atoms with van der Waals surface area (Å²) in [5.41, 5.74) is 0.956. The third kappa shape index (κ3) is 3.58. The van der Waals surface area contributed by atoms with E-state index in [4.69, 9.17) is 4.42 Å². The predicted molar refractivity (Wildman–Crippen MR) is 101 cm³/mol. The summed E-state index contributed by atoms with van der Waals surface area (Å²) in [6, 6.07) is 3.85. The molecular formula is C16H18N4O3S3. The van der Waals surface area contributed by atoms with Gasteiger partial charge in [0.05, 0.1) is 17.2 Å². The van der Waals surface area contributed by atoms with Gasteiger partial charge in [-0.15, -0.1) is 21.5 Å². The van der Waals surface area contributed by atoms with Crippen molar-refractivity contribution in [3.8, 4) is 10.8 Å². The molecule has 0 spiro atoms. The lowest BCUT2D eigenvalue weighted by atomic mass is 10.1. The lowest BCUT2D eigenvalue weighted by molar-refractivity contribution is 0.548. The van der Waals surface area contributed by atoms with Crippen molar-refractivity contribution in [1.29, 1.82) is 0 Å². The molecule has 0 radical (unpaired) electrons. The van der Waals surface area contributed by atoms with Crippen molar-refractivity contribution in [2.75, 3.05) is 11.5 Å². The van der Waals surface area contributed by atoms with Crippen LogP contribution >= 0.6 is 23.1 Å². The van der Waals surface area contributed by atoms with Gasteiger partial charge in [-0.05, 0) is 25.5 Å². The van der Waals surface area contributed by atoms with Gasteiger partial charge in [-0.25, -0.2) is 13.4 Å². The Labute approximate surface area is 159 Å². The predicted octanol–water partition coefficient (Wildman–Crippen LogP) is 3.03. The average molecular weight is 411 g/mol. The second-order valence-corrected chi connectivity index (χ2v) is 10.4. The molecule has 26 heavy (non-hydrogen) atoms. The number of hydrogen-bond donors (Lipinski definition) is 0. The quantitative estimate of drug-likeness (QED) is 0.597. The molecule has 7 nitrogen and oxygen atoms in total. The van der Waals surface area contributed by atoms with E-state index in [0.29, 0.717) is 12.2 Å². The first kappa shape index (κ1) is 17.7. The standard InChI is InChI=1S/C16H18N4O3S3/c1-10-3-4-13(23-10)15-17-12(7-24-15)8-25-16-19-18-14(20(16)2)11-5-6-26(21,22)9-11/h3-4,7,11H,5-6,8-9H2,1-2H3/t11-/m0/s1. The number of hydrogen-bond acceptors (Lipinski definition) is 8. The Morgan fingerprint density at radius 3 is 2.92 bits per heavy atom. The van der Waals surface area contributed by atoms with Crippen LogP contribution in [-0.2, 0) is 22.6 Å². The molecule has 138 valence electrons. The maximum Gasteiger partial charge on any atom is 0.191 e. The van der Waals surface area contributed by atoms with E-state index in [1.165, 1.54) is 0 Å². The fourth-order valence-electron chi connectivity index (χ4n) is 2.98. The largest absolute Gasteiger partial charge is 0.459 e. The van der Waals surface area contributed by atoms with E-state index in [9.17, 15) is 8.42 Å². The second kappa shape index (κ2) is 6.82. The fraction of sp³-hybridized carbons (Fsp3) is 0.438. The lowest BCUT2D eigenvalue weighted by Crippen LogP contribution is -2.09. The highest BCUT2D eigenvalue weighted by atomic mass is 32.2. The van der Waals surface area contributed by atoms with Crippen LogP contribution in [0.2, 0.25) is 0 Å². The van der Waals surface area contributed by atoms with E-state index in [0.717, 1.165) is 33.2 Å². The number of nitrogens with zero attached hydrogens (tertiary/aromatic N) is 4. The van der Waals surface area contributed by atoms with Gasteiger partial charge in [-0.3, -0.25) is 0 Å². The highest BCUT2D eigenvalue weighted by Crippen LogP contribution is 2.31. The Balaban J connectivity index is 1.43. The molecule has 0 aliphatic carbocycles. The van der Waals surface area contributed by atoms with Crippen molar-refractivity contribution in [2.45, 2.75) is 30.2 Å². The van der Waals surface area contributed by atoms with E-state index in [-0.39, 0.29) is 17.4 Å². The van der Waals surface area contributed by atoms with Gasteiger partial charge < -0.3 is 8.98 Å². The minimum atomic E-state index is -2.93. The summed E-state index contributed by atoms with van der Waals surface area (Å²) in [7, 11) is -1.04. The van der Waals surface area contributed by atoms with Crippen LogP contribution in [0.5, 0.6) is 0 Å². The van der Waals surface area contributed by atoms with Crippen LogP contribution in [0.3, 0.4) is 0 Å². The van der Waals surface area contributed by atoms with E-state index in [1.54, 1.807) is 23.1 Å². The Kier molecular flexibility index (Phi) is 4.66. The Hall–Kier alpha value is -1.65. The van der Waals surface area contributed by atoms with Crippen LogP contribution in [0, 0.1) is 6.92 Å². The molecule has 1 fully saturated rings. The summed E-state index contributed by atoms with van der Waals surface area (Å²) in [6.45, 7) is 1.91. The highest BCUT2D eigenvalue weighted by molar-refractivity contribution is 7.98. The van der Waals surface area contributed by atoms with E-state index in [2.05, 4.69) is 15.2 Å². The molecule has 4 heterocycles. The van der Waals surface area contributed by atoms with Gasteiger partial charge in [0, 0.05) is 24.1 Å². The molecule has 10 heteroatoms. The summed E-state index contributed by atoms with van der Waals surface area (Å²) in [5, 5.41) is 12.1. The van der Waals surface area contributed by atoms with Crippen molar-refractivity contribution in [2.24, 2.45) is 7.05 Å². The van der Waals surface area contributed by atoms with Crippen molar-refractivity contribution >= 4 is 32.9 Å². The number of aryl methyl sites for hydroxylation is 1. The minimum Gasteiger partial charge on any atom is -0.459 e. The fourth-order valence-corrected chi connectivity index (χ4v) is 6.42. The number of rotatable bonds is 5. The van der Waals surface area contributed by atoms with Gasteiger partial charge in [0.15, 0.2) is 25.8 Å². The first-order valence-corrected chi connectivity index (χ1v) is 11.8. The number of furan rings is 1. The zero-order valence-corrected chi connectivity index (χ0v) is 16.8. The molecule has 1 saturated heterocycles. The number of sulfone groups is 1. The summed E-state index contributed by atoms with van der Waals surface area (Å²) in [4.78, 5) is 4.61. The van der Waals surface area contributed by atoms with Crippen LogP contribution in [0.25, 0.3) is 10.8 Å². The summed E-state index contributed by atoms with van der Waals surface area (Å²) in [6.07, 6.45) is 0.622. The monoisotopic (exact) mass is 410 g/mol. The van der Waals surface area contributed by atoms with E-state index >= 15 is 0 Å². The maximum absolute atomic E-state index is 11.7. The van der Waals surface area contributed by atoms with Crippen LogP contribution in [0.15, 0.2) is 27.1 Å². The second-order valence-electron chi connectivity index (χ2n) is 6.34. The molecule has 1 aliphatic rings. The SMILES string of the molecule is Cc1ccc(-c2nc(CSc3nnc([C@H]4CCS(=O)(=O)C4)n3C)cs2)o1. The molecule has 0 N–H and O–H groups in total. The van der Waals surface area contributed by atoms with Crippen molar-refractivity contribution in [1.82, 2.24) is 19.7 Å². The Morgan fingerprint density at radius 2 is 2.23 bits per heavy atom.